The maximum atomic E-state index is 13.3. The highest BCUT2D eigenvalue weighted by molar-refractivity contribution is 6.30. The Kier molecular flexibility index (Phi) is 4.35. The van der Waals surface area contributed by atoms with E-state index in [1.807, 2.05) is 0 Å². The first-order chi connectivity index (χ1) is 11.0. The van der Waals surface area contributed by atoms with E-state index in [4.69, 9.17) is 11.6 Å². The molecule has 2 aliphatic heterocycles. The van der Waals surface area contributed by atoms with Crippen molar-refractivity contribution in [3.8, 4) is 0 Å². The van der Waals surface area contributed by atoms with Gasteiger partial charge in [-0.15, -0.1) is 0 Å². The Labute approximate surface area is 138 Å². The van der Waals surface area contributed by atoms with Crippen LogP contribution in [0, 0.1) is 5.82 Å². The zero-order chi connectivity index (χ0) is 16.6. The van der Waals surface area contributed by atoms with Crippen molar-refractivity contribution in [2.45, 2.75) is 31.7 Å². The molecule has 2 heterocycles. The molecule has 1 aromatic carbocycles. The molecule has 0 unspecified atom stereocenters. The monoisotopic (exact) mass is 338 g/mol. The van der Waals surface area contributed by atoms with Crippen molar-refractivity contribution >= 4 is 29.3 Å². The van der Waals surface area contributed by atoms with Gasteiger partial charge in [0.2, 0.25) is 17.7 Å². The molecule has 0 atom stereocenters. The third-order valence-corrected chi connectivity index (χ3v) is 4.59. The van der Waals surface area contributed by atoms with Crippen LogP contribution in [0.2, 0.25) is 5.02 Å². The van der Waals surface area contributed by atoms with Crippen LogP contribution < -0.4 is 0 Å². The largest absolute Gasteiger partial charge is 0.338 e. The van der Waals surface area contributed by atoms with E-state index in [9.17, 15) is 18.8 Å². The number of carbonyl (C=O) groups excluding carboxylic acids is 3. The number of amides is 3. The zero-order valence-corrected chi connectivity index (χ0v) is 13.2. The first-order valence-electron chi connectivity index (χ1n) is 7.52. The van der Waals surface area contributed by atoms with Gasteiger partial charge in [0, 0.05) is 32.4 Å². The van der Waals surface area contributed by atoms with Crippen molar-refractivity contribution in [2.75, 3.05) is 13.1 Å². The quantitative estimate of drug-likeness (QED) is 0.786. The number of imide groups is 1. The summed E-state index contributed by atoms with van der Waals surface area (Å²) in [5.41, 5.74) is 0.710. The molecule has 0 saturated carbocycles. The second kappa shape index (κ2) is 6.28. The normalized spacial score (nSPS) is 18.5. The fraction of sp³-hybridized carbons (Fsp3) is 0.438. The van der Waals surface area contributed by atoms with Crippen LogP contribution in [0.25, 0.3) is 0 Å². The molecule has 2 aliphatic rings. The zero-order valence-electron chi connectivity index (χ0n) is 12.4. The van der Waals surface area contributed by atoms with Gasteiger partial charge in [0.25, 0.3) is 0 Å². The van der Waals surface area contributed by atoms with Gasteiger partial charge in [-0.2, -0.15) is 0 Å². The number of carbonyl (C=O) groups is 3. The number of rotatable bonds is 4. The van der Waals surface area contributed by atoms with Gasteiger partial charge < -0.3 is 4.90 Å². The summed E-state index contributed by atoms with van der Waals surface area (Å²) in [4.78, 5) is 38.2. The van der Waals surface area contributed by atoms with Crippen molar-refractivity contribution in [2.24, 2.45) is 0 Å². The lowest BCUT2D eigenvalue weighted by atomic mass is 10.0. The Morgan fingerprint density at radius 3 is 2.48 bits per heavy atom. The highest BCUT2D eigenvalue weighted by Crippen LogP contribution is 2.23. The number of hydrogen-bond acceptors (Lipinski definition) is 3. The summed E-state index contributed by atoms with van der Waals surface area (Å²) < 4.78 is 13.3. The van der Waals surface area contributed by atoms with Crippen molar-refractivity contribution in [3.05, 3.63) is 34.6 Å². The molecule has 3 rings (SSSR count). The Morgan fingerprint density at radius 2 is 1.87 bits per heavy atom. The number of hydrogen-bond donors (Lipinski definition) is 0. The standard InChI is InChI=1S/C16H16ClFN2O3/c17-12-3-1-10(7-13(12)18)2-4-14(21)19-8-11(9-19)20-15(22)5-6-16(20)23/h1,3,7,11H,2,4-6,8-9H2. The summed E-state index contributed by atoms with van der Waals surface area (Å²) in [6.07, 6.45) is 1.22. The average molecular weight is 339 g/mol. The second-order valence-corrected chi connectivity index (χ2v) is 6.27. The molecule has 5 nitrogen and oxygen atoms in total. The summed E-state index contributed by atoms with van der Waals surface area (Å²) in [5, 5.41) is 0.0607. The van der Waals surface area contributed by atoms with Crippen LogP contribution in [-0.2, 0) is 20.8 Å². The predicted octanol–water partition coefficient (Wildman–Crippen LogP) is 1.77. The van der Waals surface area contributed by atoms with Gasteiger partial charge in [-0.1, -0.05) is 17.7 Å². The molecular formula is C16H16ClFN2O3. The Hall–Kier alpha value is -1.95. The van der Waals surface area contributed by atoms with Gasteiger partial charge in [-0.3, -0.25) is 19.3 Å². The third kappa shape index (κ3) is 3.22. The second-order valence-electron chi connectivity index (χ2n) is 5.86. The van der Waals surface area contributed by atoms with Gasteiger partial charge in [-0.25, -0.2) is 4.39 Å². The van der Waals surface area contributed by atoms with Crippen molar-refractivity contribution in [1.29, 1.82) is 0 Å². The van der Waals surface area contributed by atoms with Crippen LogP contribution in [0.1, 0.15) is 24.8 Å². The molecule has 2 fully saturated rings. The smallest absolute Gasteiger partial charge is 0.230 e. The van der Waals surface area contributed by atoms with Gasteiger partial charge in [0.05, 0.1) is 11.1 Å². The minimum Gasteiger partial charge on any atom is -0.338 e. The lowest BCUT2D eigenvalue weighted by Gasteiger charge is -2.43. The first-order valence-corrected chi connectivity index (χ1v) is 7.90. The lowest BCUT2D eigenvalue weighted by Crippen LogP contribution is -2.62. The number of likely N-dealkylation sites (tertiary alicyclic amines) is 2. The molecule has 122 valence electrons. The maximum Gasteiger partial charge on any atom is 0.230 e. The number of halogens is 2. The molecule has 7 heteroatoms. The van der Waals surface area contributed by atoms with E-state index in [-0.39, 0.29) is 48.0 Å². The topological polar surface area (TPSA) is 57.7 Å². The molecule has 0 N–H and O–H groups in total. The molecule has 0 spiro atoms. The summed E-state index contributed by atoms with van der Waals surface area (Å²) in [5.74, 6) is -0.852. The highest BCUT2D eigenvalue weighted by atomic mass is 35.5. The summed E-state index contributed by atoms with van der Waals surface area (Å²) in [7, 11) is 0. The minimum atomic E-state index is -0.494. The molecule has 0 aromatic heterocycles. The van der Waals surface area contributed by atoms with E-state index in [1.54, 1.807) is 11.0 Å². The highest BCUT2D eigenvalue weighted by Gasteiger charge is 2.42. The molecule has 2 saturated heterocycles. The molecule has 3 amide bonds. The number of nitrogens with zero attached hydrogens (tertiary/aromatic N) is 2. The van der Waals surface area contributed by atoms with Gasteiger partial charge in [0.15, 0.2) is 0 Å². The van der Waals surface area contributed by atoms with E-state index >= 15 is 0 Å². The SMILES string of the molecule is O=C(CCc1ccc(Cl)c(F)c1)N1CC(N2C(=O)CCC2=O)C1. The van der Waals surface area contributed by atoms with E-state index in [2.05, 4.69) is 0 Å². The molecule has 0 aliphatic carbocycles. The number of benzene rings is 1. The number of aryl methyl sites for hydroxylation is 1. The Bertz CT molecular complexity index is 657. The van der Waals surface area contributed by atoms with E-state index in [0.29, 0.717) is 25.1 Å². The minimum absolute atomic E-state index is 0.0595. The van der Waals surface area contributed by atoms with Gasteiger partial charge in [0.1, 0.15) is 5.82 Å². The molecular weight excluding hydrogens is 323 g/mol. The van der Waals surface area contributed by atoms with E-state index < -0.39 is 5.82 Å². The average Bonchev–Trinajstić information content (AvgIpc) is 2.79. The lowest BCUT2D eigenvalue weighted by molar-refractivity contribution is -0.151. The Balaban J connectivity index is 1.48. The van der Waals surface area contributed by atoms with Crippen LogP contribution in [0.3, 0.4) is 0 Å². The molecule has 1 aromatic rings. The van der Waals surface area contributed by atoms with Crippen LogP contribution in [0.5, 0.6) is 0 Å². The fourth-order valence-corrected chi connectivity index (χ4v) is 3.05. The molecule has 0 bridgehead atoms. The van der Waals surface area contributed by atoms with Crippen LogP contribution >= 0.6 is 11.6 Å². The van der Waals surface area contributed by atoms with Gasteiger partial charge >= 0.3 is 0 Å². The van der Waals surface area contributed by atoms with E-state index in [0.717, 1.165) is 0 Å². The predicted molar refractivity (Wildman–Crippen MR) is 81.2 cm³/mol. The fourth-order valence-electron chi connectivity index (χ4n) is 2.93. The Morgan fingerprint density at radius 1 is 1.22 bits per heavy atom. The van der Waals surface area contributed by atoms with E-state index in [1.165, 1.54) is 17.0 Å². The van der Waals surface area contributed by atoms with Gasteiger partial charge in [-0.05, 0) is 24.1 Å². The van der Waals surface area contributed by atoms with Crippen molar-refractivity contribution < 1.29 is 18.8 Å². The van der Waals surface area contributed by atoms with Crippen molar-refractivity contribution in [3.63, 3.8) is 0 Å². The summed E-state index contributed by atoms with van der Waals surface area (Å²) in [6.45, 7) is 0.788. The maximum absolute atomic E-state index is 13.3. The van der Waals surface area contributed by atoms with Crippen LogP contribution in [0.4, 0.5) is 4.39 Å². The third-order valence-electron chi connectivity index (χ3n) is 4.28. The van der Waals surface area contributed by atoms with Crippen LogP contribution in [0.15, 0.2) is 18.2 Å². The molecule has 23 heavy (non-hydrogen) atoms. The van der Waals surface area contributed by atoms with Crippen molar-refractivity contribution in [1.82, 2.24) is 9.80 Å². The molecule has 0 radical (unpaired) electrons. The first kappa shape index (κ1) is 15.9. The van der Waals surface area contributed by atoms with Crippen LogP contribution in [-0.4, -0.2) is 46.7 Å². The summed E-state index contributed by atoms with van der Waals surface area (Å²) >= 11 is 5.62. The summed E-state index contributed by atoms with van der Waals surface area (Å²) in [6, 6.07) is 4.31.